The summed E-state index contributed by atoms with van der Waals surface area (Å²) in [6, 6.07) is 12.3. The Morgan fingerprint density at radius 2 is 2.20 bits per heavy atom. The molecule has 20 heavy (non-hydrogen) atoms. The van der Waals surface area contributed by atoms with Crippen LogP contribution in [-0.2, 0) is 6.42 Å². The molecule has 2 rings (SSSR count). The highest BCUT2D eigenvalue weighted by Gasteiger charge is 2.03. The molecule has 0 spiro atoms. The van der Waals surface area contributed by atoms with E-state index in [1.165, 1.54) is 6.20 Å². The predicted octanol–water partition coefficient (Wildman–Crippen LogP) is 2.31. The van der Waals surface area contributed by atoms with Gasteiger partial charge in [-0.25, -0.2) is 9.78 Å². The first-order chi connectivity index (χ1) is 9.69. The molecular formula is C15H13N3O2. The van der Waals surface area contributed by atoms with E-state index in [4.69, 9.17) is 10.4 Å². The third-order valence-corrected chi connectivity index (χ3v) is 2.79. The van der Waals surface area contributed by atoms with Crippen LogP contribution in [-0.4, -0.2) is 22.6 Å². The summed E-state index contributed by atoms with van der Waals surface area (Å²) in [7, 11) is 0. The van der Waals surface area contributed by atoms with Crippen LogP contribution < -0.4 is 5.32 Å². The fourth-order valence-corrected chi connectivity index (χ4v) is 1.76. The standard InChI is InChI=1S/C15H13N3O2/c16-9-12-4-5-14(18-10-12)17-7-6-11-2-1-3-13(8-11)15(19)20/h1-5,8,10H,6-7H2,(H,17,18)(H,19,20). The molecule has 0 radical (unpaired) electrons. The highest BCUT2D eigenvalue weighted by molar-refractivity contribution is 5.87. The van der Waals surface area contributed by atoms with Gasteiger partial charge in [-0.05, 0) is 36.2 Å². The molecule has 0 unspecified atom stereocenters. The molecule has 100 valence electrons. The number of benzene rings is 1. The Labute approximate surface area is 116 Å². The summed E-state index contributed by atoms with van der Waals surface area (Å²) >= 11 is 0. The zero-order valence-electron chi connectivity index (χ0n) is 10.7. The average molecular weight is 267 g/mol. The summed E-state index contributed by atoms with van der Waals surface area (Å²) < 4.78 is 0. The second kappa shape index (κ2) is 6.34. The van der Waals surface area contributed by atoms with Crippen molar-refractivity contribution in [3.63, 3.8) is 0 Å². The average Bonchev–Trinajstić information content (AvgIpc) is 2.48. The molecule has 5 nitrogen and oxygen atoms in total. The molecular weight excluding hydrogens is 254 g/mol. The Kier molecular flexibility index (Phi) is 4.30. The van der Waals surface area contributed by atoms with Crippen LogP contribution in [0.2, 0.25) is 0 Å². The van der Waals surface area contributed by atoms with Crippen LogP contribution in [0, 0.1) is 11.3 Å². The quantitative estimate of drug-likeness (QED) is 0.868. The fourth-order valence-electron chi connectivity index (χ4n) is 1.76. The molecule has 0 bridgehead atoms. The molecule has 2 aromatic rings. The molecule has 0 saturated heterocycles. The Bertz CT molecular complexity index is 645. The molecule has 0 aliphatic heterocycles. The van der Waals surface area contributed by atoms with Gasteiger partial charge >= 0.3 is 5.97 Å². The Balaban J connectivity index is 1.90. The molecule has 1 aromatic carbocycles. The van der Waals surface area contributed by atoms with Crippen molar-refractivity contribution in [1.82, 2.24) is 4.98 Å². The minimum atomic E-state index is -0.923. The number of aromatic carboxylic acids is 1. The van der Waals surface area contributed by atoms with Gasteiger partial charge in [-0.2, -0.15) is 5.26 Å². The van der Waals surface area contributed by atoms with E-state index in [-0.39, 0.29) is 0 Å². The van der Waals surface area contributed by atoms with Crippen molar-refractivity contribution in [1.29, 1.82) is 5.26 Å². The number of anilines is 1. The van der Waals surface area contributed by atoms with Crippen LogP contribution >= 0.6 is 0 Å². The summed E-state index contributed by atoms with van der Waals surface area (Å²) in [5.41, 5.74) is 1.76. The van der Waals surface area contributed by atoms with E-state index in [9.17, 15) is 4.79 Å². The number of nitriles is 1. The lowest BCUT2D eigenvalue weighted by atomic mass is 10.1. The maximum atomic E-state index is 10.9. The molecule has 0 atom stereocenters. The van der Waals surface area contributed by atoms with Crippen molar-refractivity contribution >= 4 is 11.8 Å². The molecule has 1 heterocycles. The molecule has 1 aromatic heterocycles. The summed E-state index contributed by atoms with van der Waals surface area (Å²) in [5.74, 6) is -0.230. The van der Waals surface area contributed by atoms with Gasteiger partial charge in [0.05, 0.1) is 11.1 Å². The number of pyridine rings is 1. The number of carbonyl (C=O) groups is 1. The zero-order valence-corrected chi connectivity index (χ0v) is 10.7. The highest BCUT2D eigenvalue weighted by Crippen LogP contribution is 2.08. The van der Waals surface area contributed by atoms with Crippen molar-refractivity contribution in [3.8, 4) is 6.07 Å². The Morgan fingerprint density at radius 3 is 2.85 bits per heavy atom. The van der Waals surface area contributed by atoms with Crippen molar-refractivity contribution in [2.45, 2.75) is 6.42 Å². The van der Waals surface area contributed by atoms with Crippen LogP contribution in [0.4, 0.5) is 5.82 Å². The number of nitrogens with one attached hydrogen (secondary N) is 1. The number of nitrogens with zero attached hydrogens (tertiary/aromatic N) is 2. The Morgan fingerprint density at radius 1 is 1.35 bits per heavy atom. The van der Waals surface area contributed by atoms with E-state index >= 15 is 0 Å². The van der Waals surface area contributed by atoms with Gasteiger partial charge in [0.2, 0.25) is 0 Å². The second-order valence-electron chi connectivity index (χ2n) is 4.23. The first kappa shape index (κ1) is 13.6. The third-order valence-electron chi connectivity index (χ3n) is 2.79. The molecule has 0 saturated carbocycles. The van der Waals surface area contributed by atoms with Crippen LogP contribution in [0.15, 0.2) is 42.6 Å². The minimum absolute atomic E-state index is 0.291. The van der Waals surface area contributed by atoms with Crippen molar-refractivity contribution in [3.05, 3.63) is 59.3 Å². The summed E-state index contributed by atoms with van der Waals surface area (Å²) in [4.78, 5) is 15.0. The molecule has 0 amide bonds. The van der Waals surface area contributed by atoms with Gasteiger partial charge in [-0.1, -0.05) is 12.1 Å². The number of hydrogen-bond acceptors (Lipinski definition) is 4. The van der Waals surface area contributed by atoms with Crippen molar-refractivity contribution in [2.24, 2.45) is 0 Å². The van der Waals surface area contributed by atoms with Crippen molar-refractivity contribution in [2.75, 3.05) is 11.9 Å². The van der Waals surface area contributed by atoms with E-state index in [0.717, 1.165) is 5.56 Å². The second-order valence-corrected chi connectivity index (χ2v) is 4.23. The lowest BCUT2D eigenvalue weighted by molar-refractivity contribution is 0.0697. The summed E-state index contributed by atoms with van der Waals surface area (Å²) in [6.45, 7) is 0.641. The largest absolute Gasteiger partial charge is 0.478 e. The van der Waals surface area contributed by atoms with E-state index in [1.807, 2.05) is 12.1 Å². The van der Waals surface area contributed by atoms with Gasteiger partial charge in [0.1, 0.15) is 11.9 Å². The van der Waals surface area contributed by atoms with E-state index in [1.54, 1.807) is 30.3 Å². The van der Waals surface area contributed by atoms with Crippen LogP contribution in [0.1, 0.15) is 21.5 Å². The molecule has 0 aliphatic rings. The number of aromatic nitrogens is 1. The lowest BCUT2D eigenvalue weighted by Crippen LogP contribution is -2.07. The van der Waals surface area contributed by atoms with Crippen molar-refractivity contribution < 1.29 is 9.90 Å². The third kappa shape index (κ3) is 3.56. The highest BCUT2D eigenvalue weighted by atomic mass is 16.4. The molecule has 2 N–H and O–H groups in total. The molecule has 0 fully saturated rings. The topological polar surface area (TPSA) is 86.0 Å². The number of carboxylic acids is 1. The lowest BCUT2D eigenvalue weighted by Gasteiger charge is -2.06. The van der Waals surface area contributed by atoms with E-state index < -0.39 is 5.97 Å². The van der Waals surface area contributed by atoms with Gasteiger partial charge in [-0.3, -0.25) is 0 Å². The molecule has 5 heteroatoms. The fraction of sp³-hybridized carbons (Fsp3) is 0.133. The summed E-state index contributed by atoms with van der Waals surface area (Å²) in [6.07, 6.45) is 2.20. The van der Waals surface area contributed by atoms with E-state index in [0.29, 0.717) is 29.9 Å². The smallest absolute Gasteiger partial charge is 0.335 e. The zero-order chi connectivity index (χ0) is 14.4. The van der Waals surface area contributed by atoms with Crippen LogP contribution in [0.3, 0.4) is 0 Å². The minimum Gasteiger partial charge on any atom is -0.478 e. The Hall–Kier alpha value is -2.87. The number of rotatable bonds is 5. The normalized spacial score (nSPS) is 9.75. The van der Waals surface area contributed by atoms with Gasteiger partial charge in [0, 0.05) is 12.7 Å². The first-order valence-electron chi connectivity index (χ1n) is 6.11. The number of hydrogen-bond donors (Lipinski definition) is 2. The van der Waals surface area contributed by atoms with Gasteiger partial charge < -0.3 is 10.4 Å². The van der Waals surface area contributed by atoms with Gasteiger partial charge in [0.25, 0.3) is 0 Å². The van der Waals surface area contributed by atoms with Gasteiger partial charge in [0.15, 0.2) is 0 Å². The SMILES string of the molecule is N#Cc1ccc(NCCc2cccc(C(=O)O)c2)nc1. The number of carboxylic acid groups (broad SMARTS) is 1. The van der Waals surface area contributed by atoms with Crippen LogP contribution in [0.25, 0.3) is 0 Å². The molecule has 0 aliphatic carbocycles. The summed E-state index contributed by atoms with van der Waals surface area (Å²) in [5, 5.41) is 20.7. The first-order valence-corrected chi connectivity index (χ1v) is 6.11. The maximum absolute atomic E-state index is 10.9. The van der Waals surface area contributed by atoms with Gasteiger partial charge in [-0.15, -0.1) is 0 Å². The monoisotopic (exact) mass is 267 g/mol. The maximum Gasteiger partial charge on any atom is 0.335 e. The van der Waals surface area contributed by atoms with Crippen LogP contribution in [0.5, 0.6) is 0 Å². The van der Waals surface area contributed by atoms with E-state index in [2.05, 4.69) is 10.3 Å². The predicted molar refractivity (Wildman–Crippen MR) is 74.5 cm³/mol.